The first-order chi connectivity index (χ1) is 15.4. The number of nitro benzene ring substituents is 1. The maximum Gasteiger partial charge on any atom is 0.270 e. The van der Waals surface area contributed by atoms with E-state index in [-0.39, 0.29) is 11.3 Å². The molecule has 1 N–H and O–H groups in total. The van der Waals surface area contributed by atoms with Gasteiger partial charge in [-0.3, -0.25) is 19.5 Å². The van der Waals surface area contributed by atoms with Crippen LogP contribution in [-0.4, -0.2) is 30.3 Å². The molecule has 2 aromatic carbocycles. The molecule has 0 aliphatic carbocycles. The molecule has 0 aliphatic rings. The van der Waals surface area contributed by atoms with Crippen LogP contribution in [0.25, 0.3) is 5.82 Å². The van der Waals surface area contributed by atoms with Gasteiger partial charge in [0.1, 0.15) is 24.2 Å². The van der Waals surface area contributed by atoms with Crippen LogP contribution >= 0.6 is 0 Å². The van der Waals surface area contributed by atoms with E-state index in [2.05, 4.69) is 20.3 Å². The minimum atomic E-state index is -0.545. The number of hydrogen-bond acceptors (Lipinski definition) is 7. The number of aromatic nitrogens is 4. The van der Waals surface area contributed by atoms with Gasteiger partial charge in [0.2, 0.25) is 5.88 Å². The second kappa shape index (κ2) is 8.64. The molecule has 10 nitrogen and oxygen atoms in total. The lowest BCUT2D eigenvalue weighted by Crippen LogP contribution is -2.11. The molecular formula is C22H18N6O4. The summed E-state index contributed by atoms with van der Waals surface area (Å²) in [6, 6.07) is 13.9. The lowest BCUT2D eigenvalue weighted by molar-refractivity contribution is -0.384. The average molecular weight is 430 g/mol. The number of hydrogen-bond donors (Lipinski definition) is 1. The van der Waals surface area contributed by atoms with E-state index in [0.29, 0.717) is 23.1 Å². The van der Waals surface area contributed by atoms with E-state index in [1.54, 1.807) is 36.7 Å². The van der Waals surface area contributed by atoms with Crippen LogP contribution in [0, 0.1) is 24.0 Å². The van der Waals surface area contributed by atoms with Crippen molar-refractivity contribution in [3.05, 3.63) is 94.3 Å². The van der Waals surface area contributed by atoms with Crippen LogP contribution in [0.4, 0.5) is 11.4 Å². The molecule has 2 heterocycles. The predicted octanol–water partition coefficient (Wildman–Crippen LogP) is 4.23. The summed E-state index contributed by atoms with van der Waals surface area (Å²) in [4.78, 5) is 35.4. The summed E-state index contributed by atoms with van der Waals surface area (Å²) in [5.41, 5.74) is 2.44. The molecule has 1 amide bonds. The summed E-state index contributed by atoms with van der Waals surface area (Å²) in [7, 11) is 0. The third kappa shape index (κ3) is 4.43. The summed E-state index contributed by atoms with van der Waals surface area (Å²) in [5, 5.41) is 13.6. The van der Waals surface area contributed by atoms with Gasteiger partial charge in [0, 0.05) is 35.1 Å². The van der Waals surface area contributed by atoms with Crippen LogP contribution in [0.3, 0.4) is 0 Å². The second-order valence-electron chi connectivity index (χ2n) is 6.89. The number of benzene rings is 2. The lowest BCUT2D eigenvalue weighted by atomic mass is 10.2. The summed E-state index contributed by atoms with van der Waals surface area (Å²) in [5.74, 6) is 1.05. The standard InChI is InChI=1S/C22H18N6O4/c1-14-15(2)27(13-25-14)20-11-21(24-12-23-20)32-19-8-6-17(7-9-19)26-22(29)16-4-3-5-18(10-16)28(30)31/h3-13H,1-2H3,(H,26,29). The number of amides is 1. The van der Waals surface area contributed by atoms with Gasteiger partial charge in [0.15, 0.2) is 0 Å². The largest absolute Gasteiger partial charge is 0.439 e. The quantitative estimate of drug-likeness (QED) is 0.358. The van der Waals surface area contributed by atoms with Gasteiger partial charge in [-0.25, -0.2) is 15.0 Å². The van der Waals surface area contributed by atoms with E-state index in [0.717, 1.165) is 11.4 Å². The van der Waals surface area contributed by atoms with Crippen molar-refractivity contribution in [2.75, 3.05) is 5.32 Å². The first-order valence-electron chi connectivity index (χ1n) is 9.57. The van der Waals surface area contributed by atoms with Gasteiger partial charge >= 0.3 is 0 Å². The smallest absolute Gasteiger partial charge is 0.270 e. The fraction of sp³-hybridized carbons (Fsp3) is 0.0909. The Labute approximate surface area is 182 Å². The molecule has 0 atom stereocenters. The molecule has 4 aromatic rings. The van der Waals surface area contributed by atoms with Gasteiger partial charge in [-0.1, -0.05) is 6.07 Å². The maximum atomic E-state index is 12.4. The van der Waals surface area contributed by atoms with Crippen LogP contribution in [0.5, 0.6) is 11.6 Å². The minimum Gasteiger partial charge on any atom is -0.439 e. The number of aryl methyl sites for hydroxylation is 1. The van der Waals surface area contributed by atoms with Crippen molar-refractivity contribution in [3.63, 3.8) is 0 Å². The van der Waals surface area contributed by atoms with Gasteiger partial charge in [-0.15, -0.1) is 0 Å². The SMILES string of the molecule is Cc1ncn(-c2cc(Oc3ccc(NC(=O)c4cccc([N+](=O)[O-])c4)cc3)ncn2)c1C. The van der Waals surface area contributed by atoms with Crippen LogP contribution in [0.15, 0.2) is 67.3 Å². The Hall–Kier alpha value is -4.60. The van der Waals surface area contributed by atoms with E-state index < -0.39 is 10.8 Å². The Morgan fingerprint density at radius 2 is 1.84 bits per heavy atom. The normalized spacial score (nSPS) is 10.6. The molecule has 0 bridgehead atoms. The fourth-order valence-corrected chi connectivity index (χ4v) is 2.94. The summed E-state index contributed by atoms with van der Waals surface area (Å²) in [6.45, 7) is 3.87. The molecular weight excluding hydrogens is 412 g/mol. The Morgan fingerprint density at radius 1 is 1.06 bits per heavy atom. The molecule has 0 saturated carbocycles. The fourth-order valence-electron chi connectivity index (χ4n) is 2.94. The van der Waals surface area contributed by atoms with Gasteiger partial charge in [-0.05, 0) is 44.2 Å². The number of imidazole rings is 1. The number of nitro groups is 1. The Bertz CT molecular complexity index is 1300. The Balaban J connectivity index is 1.45. The third-order valence-electron chi connectivity index (χ3n) is 4.78. The zero-order chi connectivity index (χ0) is 22.7. The van der Waals surface area contributed by atoms with Gasteiger partial charge in [-0.2, -0.15) is 0 Å². The number of non-ortho nitro benzene ring substituents is 1. The highest BCUT2D eigenvalue weighted by molar-refractivity contribution is 6.04. The van der Waals surface area contributed by atoms with Crippen molar-refractivity contribution in [1.29, 1.82) is 0 Å². The van der Waals surface area contributed by atoms with E-state index in [9.17, 15) is 14.9 Å². The van der Waals surface area contributed by atoms with Crippen molar-refractivity contribution in [1.82, 2.24) is 19.5 Å². The number of nitrogens with zero attached hydrogens (tertiary/aromatic N) is 5. The molecule has 32 heavy (non-hydrogen) atoms. The average Bonchev–Trinajstić information content (AvgIpc) is 3.13. The third-order valence-corrected chi connectivity index (χ3v) is 4.78. The van der Waals surface area contributed by atoms with Gasteiger partial charge in [0.25, 0.3) is 11.6 Å². The van der Waals surface area contributed by atoms with Crippen molar-refractivity contribution in [2.24, 2.45) is 0 Å². The lowest BCUT2D eigenvalue weighted by Gasteiger charge is -2.09. The maximum absolute atomic E-state index is 12.4. The first-order valence-corrected chi connectivity index (χ1v) is 9.57. The molecule has 4 rings (SSSR count). The number of rotatable bonds is 6. The monoisotopic (exact) mass is 430 g/mol. The Kier molecular flexibility index (Phi) is 5.58. The van der Waals surface area contributed by atoms with E-state index in [4.69, 9.17) is 4.74 Å². The van der Waals surface area contributed by atoms with Crippen LogP contribution in [0.1, 0.15) is 21.7 Å². The van der Waals surface area contributed by atoms with Crippen molar-refractivity contribution in [3.8, 4) is 17.4 Å². The van der Waals surface area contributed by atoms with E-state index >= 15 is 0 Å². The molecule has 2 aromatic heterocycles. The highest BCUT2D eigenvalue weighted by atomic mass is 16.6. The zero-order valence-corrected chi connectivity index (χ0v) is 17.2. The minimum absolute atomic E-state index is 0.147. The van der Waals surface area contributed by atoms with Gasteiger partial charge < -0.3 is 10.1 Å². The van der Waals surface area contributed by atoms with Crippen molar-refractivity contribution >= 4 is 17.3 Å². The number of carbonyl (C=O) groups is 1. The van der Waals surface area contributed by atoms with Crippen LogP contribution < -0.4 is 10.1 Å². The van der Waals surface area contributed by atoms with Crippen LogP contribution in [0.2, 0.25) is 0 Å². The predicted molar refractivity (Wildman–Crippen MR) is 116 cm³/mol. The molecule has 10 heteroatoms. The number of ether oxygens (including phenoxy) is 1. The second-order valence-corrected chi connectivity index (χ2v) is 6.89. The molecule has 0 unspecified atom stereocenters. The summed E-state index contributed by atoms with van der Waals surface area (Å²) < 4.78 is 7.65. The molecule has 0 radical (unpaired) electrons. The summed E-state index contributed by atoms with van der Waals surface area (Å²) in [6.07, 6.45) is 3.10. The molecule has 0 fully saturated rings. The number of carbonyl (C=O) groups excluding carboxylic acids is 1. The van der Waals surface area contributed by atoms with E-state index in [1.807, 2.05) is 18.4 Å². The molecule has 160 valence electrons. The highest BCUT2D eigenvalue weighted by Gasteiger charge is 2.12. The topological polar surface area (TPSA) is 125 Å². The first kappa shape index (κ1) is 20.7. The molecule has 0 saturated heterocycles. The molecule has 0 aliphatic heterocycles. The number of anilines is 1. The summed E-state index contributed by atoms with van der Waals surface area (Å²) >= 11 is 0. The highest BCUT2D eigenvalue weighted by Crippen LogP contribution is 2.23. The Morgan fingerprint density at radius 3 is 2.53 bits per heavy atom. The van der Waals surface area contributed by atoms with Crippen LogP contribution in [-0.2, 0) is 0 Å². The number of nitrogens with one attached hydrogen (secondary N) is 1. The van der Waals surface area contributed by atoms with Crippen molar-refractivity contribution in [2.45, 2.75) is 13.8 Å². The van der Waals surface area contributed by atoms with Gasteiger partial charge in [0.05, 0.1) is 10.6 Å². The van der Waals surface area contributed by atoms with Crippen molar-refractivity contribution < 1.29 is 14.5 Å². The molecule has 0 spiro atoms. The zero-order valence-electron chi connectivity index (χ0n) is 17.2. The van der Waals surface area contributed by atoms with E-state index in [1.165, 1.54) is 30.6 Å².